The number of anilines is 1. The molecule has 36 heavy (non-hydrogen) atoms. The Bertz CT molecular complexity index is 1260. The highest BCUT2D eigenvalue weighted by Gasteiger charge is 2.36. The lowest BCUT2D eigenvalue weighted by atomic mass is 9.86. The fourth-order valence-electron chi connectivity index (χ4n) is 4.64. The molecule has 3 aromatic rings. The number of nitrogens with zero attached hydrogens (tertiary/aromatic N) is 1. The quantitative estimate of drug-likeness (QED) is 0.426. The van der Waals surface area contributed by atoms with Gasteiger partial charge in [-0.2, -0.15) is 0 Å². The molecule has 0 saturated carbocycles. The van der Waals surface area contributed by atoms with Gasteiger partial charge in [0.1, 0.15) is 0 Å². The number of ether oxygens (including phenoxy) is 2. The molecule has 4 rings (SSSR count). The molecule has 0 radical (unpaired) electrons. The summed E-state index contributed by atoms with van der Waals surface area (Å²) in [6, 6.07) is 18.7. The second kappa shape index (κ2) is 10.6. The number of rotatable bonds is 7. The average molecular weight is 507 g/mol. The summed E-state index contributed by atoms with van der Waals surface area (Å²) in [6.07, 6.45) is 0.201. The van der Waals surface area contributed by atoms with Gasteiger partial charge in [-0.25, -0.2) is 0 Å². The van der Waals surface area contributed by atoms with Crippen molar-refractivity contribution in [3.05, 3.63) is 87.9 Å². The van der Waals surface area contributed by atoms with Gasteiger partial charge in [0.05, 0.1) is 31.7 Å². The van der Waals surface area contributed by atoms with E-state index >= 15 is 0 Å². The van der Waals surface area contributed by atoms with Gasteiger partial charge >= 0.3 is 0 Å². The second-order valence-electron chi connectivity index (χ2n) is 9.28. The number of fused-ring (bicyclic) bond motifs is 1. The Morgan fingerprint density at radius 1 is 1.03 bits per heavy atom. The van der Waals surface area contributed by atoms with Crippen LogP contribution in [0.15, 0.2) is 60.7 Å². The van der Waals surface area contributed by atoms with E-state index in [4.69, 9.17) is 21.1 Å². The number of nitrogens with one attached hydrogen (secondary N) is 1. The first-order valence-corrected chi connectivity index (χ1v) is 12.4. The van der Waals surface area contributed by atoms with Crippen molar-refractivity contribution in [2.45, 2.75) is 52.3 Å². The summed E-state index contributed by atoms with van der Waals surface area (Å²) in [5.41, 5.74) is 4.54. The molecule has 1 heterocycles. The third-order valence-corrected chi connectivity index (χ3v) is 6.48. The lowest BCUT2D eigenvalue weighted by molar-refractivity contribution is -0.120. The number of benzene rings is 3. The molecule has 188 valence electrons. The first kappa shape index (κ1) is 25.6. The SMILES string of the molecule is COc1cc2c(cc1OC(C)C)[C@@H](c1ccc(Cl)cc1)N(c1ccc([C@H](C)NC(C)=O)cc1)C(=O)C2. The van der Waals surface area contributed by atoms with Crippen molar-refractivity contribution in [3.8, 4) is 11.5 Å². The number of halogens is 1. The van der Waals surface area contributed by atoms with E-state index in [2.05, 4.69) is 5.32 Å². The van der Waals surface area contributed by atoms with Crippen LogP contribution in [0, 0.1) is 0 Å². The van der Waals surface area contributed by atoms with Crippen LogP contribution >= 0.6 is 11.6 Å². The summed E-state index contributed by atoms with van der Waals surface area (Å²) in [5, 5.41) is 3.52. The maximum atomic E-state index is 13.6. The van der Waals surface area contributed by atoms with Crippen LogP contribution in [0.25, 0.3) is 0 Å². The van der Waals surface area contributed by atoms with Crippen molar-refractivity contribution < 1.29 is 19.1 Å². The second-order valence-corrected chi connectivity index (χ2v) is 9.71. The van der Waals surface area contributed by atoms with Crippen molar-refractivity contribution in [2.24, 2.45) is 0 Å². The van der Waals surface area contributed by atoms with Crippen LogP contribution in [-0.2, 0) is 16.0 Å². The van der Waals surface area contributed by atoms with Gasteiger partial charge in [0.25, 0.3) is 0 Å². The number of hydrogen-bond acceptors (Lipinski definition) is 4. The van der Waals surface area contributed by atoms with E-state index < -0.39 is 0 Å². The van der Waals surface area contributed by atoms with Crippen LogP contribution in [0.3, 0.4) is 0 Å². The smallest absolute Gasteiger partial charge is 0.232 e. The van der Waals surface area contributed by atoms with Gasteiger partial charge in [0.2, 0.25) is 11.8 Å². The highest BCUT2D eigenvalue weighted by molar-refractivity contribution is 6.30. The maximum absolute atomic E-state index is 13.6. The molecule has 0 unspecified atom stereocenters. The molecule has 6 nitrogen and oxygen atoms in total. The molecule has 2 amide bonds. The Morgan fingerprint density at radius 3 is 2.28 bits per heavy atom. The zero-order valence-corrected chi connectivity index (χ0v) is 21.9. The standard InChI is InChI=1S/C29H31ClN2O4/c1-17(2)36-27-16-25-22(14-26(27)35-5)15-28(34)32(29(25)21-6-10-23(30)11-7-21)24-12-8-20(9-13-24)18(3)31-19(4)33/h6-14,16-18,29H,15H2,1-5H3,(H,31,33)/t18-,29+/m0/s1. The third-order valence-electron chi connectivity index (χ3n) is 6.23. The van der Waals surface area contributed by atoms with Gasteiger partial charge in [-0.05, 0) is 79.4 Å². The minimum Gasteiger partial charge on any atom is -0.493 e. The van der Waals surface area contributed by atoms with Gasteiger partial charge in [0.15, 0.2) is 11.5 Å². The highest BCUT2D eigenvalue weighted by atomic mass is 35.5. The summed E-state index contributed by atoms with van der Waals surface area (Å²) >= 11 is 6.19. The summed E-state index contributed by atoms with van der Waals surface area (Å²) in [7, 11) is 1.60. The van der Waals surface area contributed by atoms with Crippen molar-refractivity contribution in [1.29, 1.82) is 0 Å². The first-order chi connectivity index (χ1) is 17.2. The number of carbonyl (C=O) groups excluding carboxylic acids is 2. The van der Waals surface area contributed by atoms with E-state index in [9.17, 15) is 9.59 Å². The summed E-state index contributed by atoms with van der Waals surface area (Å²) < 4.78 is 11.6. The molecule has 7 heteroatoms. The van der Waals surface area contributed by atoms with Gasteiger partial charge in [0, 0.05) is 17.6 Å². The predicted octanol–water partition coefficient (Wildman–Crippen LogP) is 6.01. The minimum atomic E-state index is -0.377. The van der Waals surface area contributed by atoms with E-state index in [1.165, 1.54) is 6.92 Å². The van der Waals surface area contributed by atoms with Crippen LogP contribution in [-0.4, -0.2) is 25.0 Å². The Balaban J connectivity index is 1.83. The van der Waals surface area contributed by atoms with Crippen LogP contribution in [0.2, 0.25) is 5.02 Å². The zero-order valence-electron chi connectivity index (χ0n) is 21.2. The van der Waals surface area contributed by atoms with Crippen LogP contribution in [0.4, 0.5) is 5.69 Å². The Hall–Kier alpha value is -3.51. The molecule has 0 aromatic heterocycles. The third kappa shape index (κ3) is 5.34. The molecule has 1 N–H and O–H groups in total. The van der Waals surface area contributed by atoms with E-state index in [1.54, 1.807) is 7.11 Å². The molecular weight excluding hydrogens is 476 g/mol. The predicted molar refractivity (Wildman–Crippen MR) is 142 cm³/mol. The molecule has 1 aliphatic rings. The summed E-state index contributed by atoms with van der Waals surface area (Å²) in [5.74, 6) is 1.13. The Kier molecular flexibility index (Phi) is 7.55. The van der Waals surface area contributed by atoms with Gasteiger partial charge in [-0.15, -0.1) is 0 Å². The van der Waals surface area contributed by atoms with Crippen molar-refractivity contribution in [1.82, 2.24) is 5.32 Å². The topological polar surface area (TPSA) is 67.9 Å². The normalized spacial score (nSPS) is 15.9. The molecule has 0 saturated heterocycles. The molecule has 0 fully saturated rings. The lowest BCUT2D eigenvalue weighted by Gasteiger charge is -2.38. The molecule has 0 spiro atoms. The first-order valence-electron chi connectivity index (χ1n) is 12.0. The number of methoxy groups -OCH3 is 1. The molecule has 2 atom stereocenters. The largest absolute Gasteiger partial charge is 0.493 e. The number of carbonyl (C=O) groups is 2. The van der Waals surface area contributed by atoms with Crippen molar-refractivity contribution in [2.75, 3.05) is 12.0 Å². The summed E-state index contributed by atoms with van der Waals surface area (Å²) in [4.78, 5) is 26.9. The van der Waals surface area contributed by atoms with Crippen LogP contribution in [0.5, 0.6) is 11.5 Å². The molecule has 0 aliphatic carbocycles. The van der Waals surface area contributed by atoms with Crippen LogP contribution < -0.4 is 19.7 Å². The number of amides is 2. The zero-order chi connectivity index (χ0) is 26.0. The molecule has 0 bridgehead atoms. The monoisotopic (exact) mass is 506 g/mol. The van der Waals surface area contributed by atoms with Gasteiger partial charge < -0.3 is 19.7 Å². The average Bonchev–Trinajstić information content (AvgIpc) is 2.83. The Morgan fingerprint density at radius 2 is 1.69 bits per heavy atom. The highest BCUT2D eigenvalue weighted by Crippen LogP contribution is 2.43. The lowest BCUT2D eigenvalue weighted by Crippen LogP contribution is -2.41. The van der Waals surface area contributed by atoms with E-state index in [-0.39, 0.29) is 36.4 Å². The molecule has 1 aliphatic heterocycles. The molecule has 3 aromatic carbocycles. The Labute approximate surface area is 217 Å². The fourth-order valence-corrected chi connectivity index (χ4v) is 4.77. The summed E-state index contributed by atoms with van der Waals surface area (Å²) in [6.45, 7) is 7.36. The fraction of sp³-hybridized carbons (Fsp3) is 0.310. The maximum Gasteiger partial charge on any atom is 0.232 e. The van der Waals surface area contributed by atoms with Gasteiger partial charge in [-0.1, -0.05) is 35.9 Å². The number of hydrogen-bond donors (Lipinski definition) is 1. The minimum absolute atomic E-state index is 0.0234. The van der Waals surface area contributed by atoms with Gasteiger partial charge in [-0.3, -0.25) is 9.59 Å². The van der Waals surface area contributed by atoms with E-state index in [0.717, 1.165) is 27.9 Å². The molecular formula is C29H31ClN2O4. The van der Waals surface area contributed by atoms with Crippen LogP contribution in [0.1, 0.15) is 62.0 Å². The van der Waals surface area contributed by atoms with E-state index in [0.29, 0.717) is 16.5 Å². The van der Waals surface area contributed by atoms with Crippen molar-refractivity contribution >= 4 is 29.1 Å². The van der Waals surface area contributed by atoms with Crippen molar-refractivity contribution in [3.63, 3.8) is 0 Å². The van der Waals surface area contributed by atoms with E-state index in [1.807, 2.05) is 86.3 Å².